The van der Waals surface area contributed by atoms with Gasteiger partial charge >= 0.3 is 0 Å². The summed E-state index contributed by atoms with van der Waals surface area (Å²) in [6, 6.07) is 13.2. The fourth-order valence-corrected chi connectivity index (χ4v) is 3.02. The van der Waals surface area contributed by atoms with Crippen molar-refractivity contribution >= 4 is 0 Å². The van der Waals surface area contributed by atoms with E-state index in [-0.39, 0.29) is 5.92 Å². The highest BCUT2D eigenvalue weighted by atomic mass is 15.3. The Morgan fingerprint density at radius 2 is 2.12 bits per heavy atom. The molecule has 0 aliphatic carbocycles. The molecule has 1 aromatic rings. The van der Waals surface area contributed by atoms with E-state index in [1.165, 1.54) is 5.56 Å². The van der Waals surface area contributed by atoms with Gasteiger partial charge in [0.05, 0.1) is 6.07 Å². The normalized spacial score (nSPS) is 32.5. The van der Waals surface area contributed by atoms with Crippen LogP contribution in [0, 0.1) is 11.3 Å². The summed E-state index contributed by atoms with van der Waals surface area (Å²) in [5, 5.41) is 9.55. The standard InChI is InChI=1S/C15H18N2/c1-4-10-15(11-16)14(12(2)17(15)3)13-8-6-5-7-9-13/h4-9,12,14H,1,10H2,2-3H3/t12-,14+,15+/m0/s1. The van der Waals surface area contributed by atoms with E-state index in [0.29, 0.717) is 12.5 Å². The van der Waals surface area contributed by atoms with Crippen LogP contribution in [0.2, 0.25) is 0 Å². The van der Waals surface area contributed by atoms with E-state index in [4.69, 9.17) is 0 Å². The number of benzene rings is 1. The van der Waals surface area contributed by atoms with Crippen LogP contribution in [0.4, 0.5) is 0 Å². The molecular weight excluding hydrogens is 208 g/mol. The molecule has 0 saturated carbocycles. The van der Waals surface area contributed by atoms with Crippen LogP contribution in [0.15, 0.2) is 43.0 Å². The molecule has 0 aromatic heterocycles. The number of likely N-dealkylation sites (N-methyl/N-ethyl adjacent to an activating group) is 1. The van der Waals surface area contributed by atoms with Gasteiger partial charge in [-0.05, 0) is 26.0 Å². The van der Waals surface area contributed by atoms with E-state index in [2.05, 4.69) is 36.6 Å². The summed E-state index contributed by atoms with van der Waals surface area (Å²) in [6.07, 6.45) is 2.56. The van der Waals surface area contributed by atoms with Gasteiger partial charge in [0, 0.05) is 12.0 Å². The van der Waals surface area contributed by atoms with Crippen molar-refractivity contribution in [3.05, 3.63) is 48.6 Å². The Hall–Kier alpha value is -1.59. The molecular formula is C15H18N2. The Labute approximate surface area is 103 Å². The zero-order chi connectivity index (χ0) is 12.5. The van der Waals surface area contributed by atoms with E-state index in [0.717, 1.165) is 0 Å². The third-order valence-corrected chi connectivity index (χ3v) is 4.05. The predicted octanol–water partition coefficient (Wildman–Crippen LogP) is 2.94. The van der Waals surface area contributed by atoms with Gasteiger partial charge in [-0.1, -0.05) is 36.4 Å². The average Bonchev–Trinajstić information content (AvgIpc) is 2.38. The second kappa shape index (κ2) is 4.35. The molecule has 0 amide bonds. The maximum absolute atomic E-state index is 9.55. The van der Waals surface area contributed by atoms with Crippen LogP contribution in [-0.4, -0.2) is 23.5 Å². The quantitative estimate of drug-likeness (QED) is 0.741. The first-order valence-corrected chi connectivity index (χ1v) is 5.97. The van der Waals surface area contributed by atoms with Crippen molar-refractivity contribution < 1.29 is 0 Å². The molecule has 1 heterocycles. The van der Waals surface area contributed by atoms with Crippen molar-refractivity contribution in [2.24, 2.45) is 0 Å². The minimum Gasteiger partial charge on any atom is -0.284 e. The number of hydrogen-bond donors (Lipinski definition) is 0. The van der Waals surface area contributed by atoms with Crippen LogP contribution in [-0.2, 0) is 0 Å². The molecule has 1 aliphatic heterocycles. The van der Waals surface area contributed by atoms with Gasteiger partial charge in [0.2, 0.25) is 0 Å². The minimum atomic E-state index is -0.414. The molecule has 3 atom stereocenters. The summed E-state index contributed by atoms with van der Waals surface area (Å²) < 4.78 is 0. The van der Waals surface area contributed by atoms with Crippen molar-refractivity contribution in [3.8, 4) is 6.07 Å². The van der Waals surface area contributed by atoms with E-state index in [1.54, 1.807) is 0 Å². The smallest absolute Gasteiger partial charge is 0.121 e. The largest absolute Gasteiger partial charge is 0.284 e. The van der Waals surface area contributed by atoms with Gasteiger partial charge in [-0.25, -0.2) is 0 Å². The predicted molar refractivity (Wildman–Crippen MR) is 69.6 cm³/mol. The SMILES string of the molecule is C=CC[C@@]1(C#N)[C@@H](c2ccccc2)[C@H](C)N1C. The number of nitriles is 1. The van der Waals surface area contributed by atoms with Crippen LogP contribution in [0.25, 0.3) is 0 Å². The molecule has 17 heavy (non-hydrogen) atoms. The zero-order valence-electron chi connectivity index (χ0n) is 10.4. The molecule has 2 rings (SSSR count). The summed E-state index contributed by atoms with van der Waals surface area (Å²) in [7, 11) is 2.02. The van der Waals surface area contributed by atoms with Crippen LogP contribution in [0.5, 0.6) is 0 Å². The first kappa shape index (κ1) is 11.9. The van der Waals surface area contributed by atoms with Crippen molar-refractivity contribution in [1.29, 1.82) is 5.26 Å². The Kier molecular flexibility index (Phi) is 3.04. The second-order valence-electron chi connectivity index (χ2n) is 4.77. The third kappa shape index (κ3) is 1.59. The van der Waals surface area contributed by atoms with Crippen LogP contribution < -0.4 is 0 Å². The van der Waals surface area contributed by atoms with Gasteiger partial charge in [-0.15, -0.1) is 6.58 Å². The summed E-state index contributed by atoms with van der Waals surface area (Å²) in [5.74, 6) is 0.275. The molecule has 1 aliphatic rings. The molecule has 0 radical (unpaired) electrons. The highest BCUT2D eigenvalue weighted by molar-refractivity contribution is 5.37. The molecule has 2 heteroatoms. The van der Waals surface area contributed by atoms with Crippen molar-refractivity contribution in [2.75, 3.05) is 7.05 Å². The van der Waals surface area contributed by atoms with Crippen LogP contribution >= 0.6 is 0 Å². The topological polar surface area (TPSA) is 27.0 Å². The molecule has 0 unspecified atom stereocenters. The number of rotatable bonds is 3. The van der Waals surface area contributed by atoms with E-state index >= 15 is 0 Å². The molecule has 1 aromatic carbocycles. The van der Waals surface area contributed by atoms with E-state index in [9.17, 15) is 5.26 Å². The summed E-state index contributed by atoms with van der Waals surface area (Å²) in [5.41, 5.74) is 0.837. The van der Waals surface area contributed by atoms with Crippen LogP contribution in [0.3, 0.4) is 0 Å². The van der Waals surface area contributed by atoms with Gasteiger partial charge < -0.3 is 0 Å². The van der Waals surface area contributed by atoms with Crippen LogP contribution in [0.1, 0.15) is 24.8 Å². The van der Waals surface area contributed by atoms with Gasteiger partial charge in [0.25, 0.3) is 0 Å². The lowest BCUT2D eigenvalue weighted by molar-refractivity contribution is -0.0297. The Morgan fingerprint density at radius 1 is 1.47 bits per heavy atom. The summed E-state index contributed by atoms with van der Waals surface area (Å²) >= 11 is 0. The number of nitrogens with zero attached hydrogens (tertiary/aromatic N) is 2. The maximum atomic E-state index is 9.55. The monoisotopic (exact) mass is 226 g/mol. The number of likely N-dealkylation sites (tertiary alicyclic amines) is 1. The molecule has 88 valence electrons. The summed E-state index contributed by atoms with van der Waals surface area (Å²) in [4.78, 5) is 2.16. The molecule has 0 bridgehead atoms. The average molecular weight is 226 g/mol. The first-order valence-electron chi connectivity index (χ1n) is 5.97. The Balaban J connectivity index is 2.39. The lowest BCUT2D eigenvalue weighted by atomic mass is 9.65. The lowest BCUT2D eigenvalue weighted by Crippen LogP contribution is -2.68. The fourth-order valence-electron chi connectivity index (χ4n) is 3.02. The Morgan fingerprint density at radius 3 is 2.65 bits per heavy atom. The highest BCUT2D eigenvalue weighted by Gasteiger charge is 2.56. The molecule has 1 fully saturated rings. The van der Waals surface area contributed by atoms with Crippen molar-refractivity contribution in [2.45, 2.75) is 30.8 Å². The maximum Gasteiger partial charge on any atom is 0.121 e. The fraction of sp³-hybridized carbons (Fsp3) is 0.400. The first-order chi connectivity index (χ1) is 8.17. The second-order valence-corrected chi connectivity index (χ2v) is 4.77. The number of hydrogen-bond acceptors (Lipinski definition) is 2. The summed E-state index contributed by atoms with van der Waals surface area (Å²) in [6.45, 7) is 5.96. The molecule has 0 spiro atoms. The van der Waals surface area contributed by atoms with Gasteiger partial charge in [-0.3, -0.25) is 4.90 Å². The zero-order valence-corrected chi connectivity index (χ0v) is 10.4. The lowest BCUT2D eigenvalue weighted by Gasteiger charge is -2.58. The van der Waals surface area contributed by atoms with Gasteiger partial charge in [0.15, 0.2) is 0 Å². The van der Waals surface area contributed by atoms with E-state index < -0.39 is 5.54 Å². The third-order valence-electron chi connectivity index (χ3n) is 4.05. The Bertz CT molecular complexity index is 446. The molecule has 1 saturated heterocycles. The van der Waals surface area contributed by atoms with E-state index in [1.807, 2.05) is 31.3 Å². The highest BCUT2D eigenvalue weighted by Crippen LogP contribution is 2.49. The molecule has 2 nitrogen and oxygen atoms in total. The minimum absolute atomic E-state index is 0.275. The van der Waals surface area contributed by atoms with Gasteiger partial charge in [0.1, 0.15) is 5.54 Å². The molecule has 0 N–H and O–H groups in total. The van der Waals surface area contributed by atoms with Crippen molar-refractivity contribution in [3.63, 3.8) is 0 Å². The van der Waals surface area contributed by atoms with Gasteiger partial charge in [-0.2, -0.15) is 5.26 Å². The van der Waals surface area contributed by atoms with Crippen molar-refractivity contribution in [1.82, 2.24) is 4.90 Å².